The lowest BCUT2D eigenvalue weighted by Gasteiger charge is -2.13. The van der Waals surface area contributed by atoms with E-state index in [1.807, 2.05) is 0 Å². The van der Waals surface area contributed by atoms with Crippen molar-refractivity contribution in [2.45, 2.75) is 17.9 Å². The first-order chi connectivity index (χ1) is 17.7. The fraction of sp³-hybridized carbons (Fsp3) is 0.120. The van der Waals surface area contributed by atoms with E-state index in [2.05, 4.69) is 20.8 Å². The van der Waals surface area contributed by atoms with Crippen molar-refractivity contribution in [1.82, 2.24) is 20.1 Å². The minimum atomic E-state index is -4.58. The van der Waals surface area contributed by atoms with Crippen LogP contribution in [0.5, 0.6) is 0 Å². The number of rotatable bonds is 8. The number of aromatic nitrogens is 3. The van der Waals surface area contributed by atoms with Gasteiger partial charge in [0.25, 0.3) is 5.91 Å². The van der Waals surface area contributed by atoms with Gasteiger partial charge < -0.3 is 10.6 Å². The van der Waals surface area contributed by atoms with Crippen LogP contribution < -0.4 is 10.6 Å². The normalized spacial score (nSPS) is 11.2. The number of hydrogen-bond donors (Lipinski definition) is 2. The third-order valence-corrected chi connectivity index (χ3v) is 5.96. The number of benzene rings is 3. The van der Waals surface area contributed by atoms with Crippen LogP contribution in [0.2, 0.25) is 0 Å². The molecule has 0 fully saturated rings. The molecule has 0 saturated heterocycles. The minimum absolute atomic E-state index is 0.116. The number of nitrogens with zero attached hydrogens (tertiary/aromatic N) is 3. The molecule has 190 valence electrons. The van der Waals surface area contributed by atoms with E-state index in [1.54, 1.807) is 30.3 Å². The summed E-state index contributed by atoms with van der Waals surface area (Å²) in [6.45, 7) is -0.126. The van der Waals surface area contributed by atoms with E-state index in [4.69, 9.17) is 0 Å². The molecule has 2 N–H and O–H groups in total. The van der Waals surface area contributed by atoms with Gasteiger partial charge in [0.2, 0.25) is 5.91 Å². The Morgan fingerprint density at radius 1 is 0.919 bits per heavy atom. The molecule has 4 rings (SSSR count). The van der Waals surface area contributed by atoms with Crippen molar-refractivity contribution in [3.05, 3.63) is 102 Å². The molecule has 7 nitrogen and oxygen atoms in total. The van der Waals surface area contributed by atoms with Crippen LogP contribution >= 0.6 is 11.8 Å². The highest BCUT2D eigenvalue weighted by Crippen LogP contribution is 2.31. The van der Waals surface area contributed by atoms with Gasteiger partial charge in [0, 0.05) is 11.3 Å². The summed E-state index contributed by atoms with van der Waals surface area (Å²) in [4.78, 5) is 24.9. The Morgan fingerprint density at radius 3 is 2.35 bits per heavy atom. The maximum Gasteiger partial charge on any atom is 0.416 e. The Morgan fingerprint density at radius 2 is 1.65 bits per heavy atom. The van der Waals surface area contributed by atoms with E-state index in [-0.39, 0.29) is 29.0 Å². The summed E-state index contributed by atoms with van der Waals surface area (Å²) in [5.74, 6) is -1.26. The molecule has 0 radical (unpaired) electrons. The number of nitrogens with one attached hydrogen (secondary N) is 2. The van der Waals surface area contributed by atoms with Crippen molar-refractivity contribution in [2.75, 3.05) is 11.1 Å². The monoisotopic (exact) mass is 529 g/mol. The van der Waals surface area contributed by atoms with Gasteiger partial charge in [0.05, 0.1) is 23.5 Å². The molecule has 0 aliphatic heterocycles. The SMILES string of the molecule is O=C(CSc1nnc(CNC(=O)c2ccccc2)n1-c1cccc(C(F)(F)F)c1)Nc1ccc(F)cc1. The number of alkyl halides is 3. The van der Waals surface area contributed by atoms with Gasteiger partial charge in [0.1, 0.15) is 5.82 Å². The second-order valence-electron chi connectivity index (χ2n) is 7.67. The fourth-order valence-electron chi connectivity index (χ4n) is 3.30. The van der Waals surface area contributed by atoms with Crippen molar-refractivity contribution >= 4 is 29.3 Å². The highest BCUT2D eigenvalue weighted by Gasteiger charge is 2.31. The third kappa shape index (κ3) is 6.73. The number of carbonyl (C=O) groups excluding carboxylic acids is 2. The smallest absolute Gasteiger partial charge is 0.345 e. The van der Waals surface area contributed by atoms with Gasteiger partial charge in [0.15, 0.2) is 11.0 Å². The van der Waals surface area contributed by atoms with Crippen molar-refractivity contribution in [2.24, 2.45) is 0 Å². The van der Waals surface area contributed by atoms with E-state index in [1.165, 1.54) is 41.0 Å². The topological polar surface area (TPSA) is 88.9 Å². The van der Waals surface area contributed by atoms with Gasteiger partial charge in [-0.25, -0.2) is 4.39 Å². The van der Waals surface area contributed by atoms with Crippen molar-refractivity contribution in [1.29, 1.82) is 0 Å². The average molecular weight is 530 g/mol. The number of thioether (sulfide) groups is 1. The van der Waals surface area contributed by atoms with Crippen LogP contribution in [0.25, 0.3) is 5.69 Å². The van der Waals surface area contributed by atoms with Crippen LogP contribution in [-0.2, 0) is 17.5 Å². The molecule has 0 unspecified atom stereocenters. The molecule has 1 aromatic heterocycles. The molecule has 0 aliphatic carbocycles. The van der Waals surface area contributed by atoms with Gasteiger partial charge in [-0.3, -0.25) is 14.2 Å². The molecular weight excluding hydrogens is 510 g/mol. The predicted molar refractivity (Wildman–Crippen MR) is 130 cm³/mol. The molecule has 0 bridgehead atoms. The Kier molecular flexibility index (Phi) is 7.87. The van der Waals surface area contributed by atoms with Crippen molar-refractivity contribution in [3.63, 3.8) is 0 Å². The highest BCUT2D eigenvalue weighted by atomic mass is 32.2. The van der Waals surface area contributed by atoms with Gasteiger partial charge in [-0.2, -0.15) is 13.2 Å². The van der Waals surface area contributed by atoms with Crippen molar-refractivity contribution < 1.29 is 27.2 Å². The zero-order valence-electron chi connectivity index (χ0n) is 19.0. The maximum absolute atomic E-state index is 13.4. The zero-order chi connectivity index (χ0) is 26.4. The quantitative estimate of drug-likeness (QED) is 0.245. The molecule has 3 aromatic carbocycles. The van der Waals surface area contributed by atoms with Crippen LogP contribution in [0.3, 0.4) is 0 Å². The summed E-state index contributed by atoms with van der Waals surface area (Å²) >= 11 is 0.946. The number of anilines is 1. The van der Waals surface area contributed by atoms with E-state index in [9.17, 15) is 27.2 Å². The van der Waals surface area contributed by atoms with Crippen LogP contribution in [0.4, 0.5) is 23.2 Å². The number of halogens is 4. The maximum atomic E-state index is 13.4. The summed E-state index contributed by atoms with van der Waals surface area (Å²) < 4.78 is 54.5. The molecule has 12 heteroatoms. The third-order valence-electron chi connectivity index (χ3n) is 5.04. The largest absolute Gasteiger partial charge is 0.416 e. The van der Waals surface area contributed by atoms with Gasteiger partial charge in [-0.15, -0.1) is 10.2 Å². The van der Waals surface area contributed by atoms with Gasteiger partial charge in [-0.1, -0.05) is 36.0 Å². The highest BCUT2D eigenvalue weighted by molar-refractivity contribution is 7.99. The first-order valence-corrected chi connectivity index (χ1v) is 11.8. The first kappa shape index (κ1) is 25.9. The summed E-state index contributed by atoms with van der Waals surface area (Å²) in [7, 11) is 0. The predicted octanol–water partition coefficient (Wildman–Crippen LogP) is 5.09. The molecule has 0 atom stereocenters. The summed E-state index contributed by atoms with van der Waals surface area (Å²) in [6.07, 6.45) is -4.58. The zero-order valence-corrected chi connectivity index (χ0v) is 19.8. The lowest BCUT2D eigenvalue weighted by molar-refractivity contribution is -0.137. The molecule has 2 amide bonds. The molecule has 0 saturated carbocycles. The van der Waals surface area contributed by atoms with Gasteiger partial charge >= 0.3 is 6.18 Å². The standard InChI is InChI=1S/C25H19F4N5O2S/c26-18-9-11-19(12-10-18)31-22(35)15-37-24-33-32-21(14-30-23(36)16-5-2-1-3-6-16)34(24)20-8-4-7-17(13-20)25(27,28)29/h1-13H,14-15H2,(H,30,36)(H,31,35). The van der Waals surface area contributed by atoms with Crippen LogP contribution in [0, 0.1) is 5.82 Å². The summed E-state index contributed by atoms with van der Waals surface area (Å²) in [6, 6.07) is 18.2. The Balaban J connectivity index is 1.56. The number of hydrogen-bond acceptors (Lipinski definition) is 5. The Hall–Kier alpha value is -4.19. The average Bonchev–Trinajstić information content (AvgIpc) is 3.30. The van der Waals surface area contributed by atoms with E-state index in [0.29, 0.717) is 11.3 Å². The lowest BCUT2D eigenvalue weighted by atomic mass is 10.2. The van der Waals surface area contributed by atoms with E-state index < -0.39 is 29.4 Å². The van der Waals surface area contributed by atoms with E-state index in [0.717, 1.165) is 23.9 Å². The minimum Gasteiger partial charge on any atom is -0.345 e. The first-order valence-electron chi connectivity index (χ1n) is 10.8. The summed E-state index contributed by atoms with van der Waals surface area (Å²) in [5, 5.41) is 13.5. The molecule has 37 heavy (non-hydrogen) atoms. The molecule has 1 heterocycles. The van der Waals surface area contributed by atoms with Crippen LogP contribution in [-0.4, -0.2) is 32.3 Å². The lowest BCUT2D eigenvalue weighted by Crippen LogP contribution is -2.24. The van der Waals surface area contributed by atoms with E-state index >= 15 is 0 Å². The van der Waals surface area contributed by atoms with Crippen molar-refractivity contribution in [3.8, 4) is 5.69 Å². The summed E-state index contributed by atoms with van der Waals surface area (Å²) in [5.41, 5.74) is 0.0311. The number of carbonyl (C=O) groups is 2. The van der Waals surface area contributed by atoms with Crippen LogP contribution in [0.15, 0.2) is 84.0 Å². The molecule has 0 aliphatic rings. The fourth-order valence-corrected chi connectivity index (χ4v) is 4.07. The van der Waals surface area contributed by atoms with Gasteiger partial charge in [-0.05, 0) is 54.6 Å². The molecule has 0 spiro atoms. The Labute approximate surface area is 212 Å². The molecular formula is C25H19F4N5O2S. The Bertz CT molecular complexity index is 1390. The number of amides is 2. The second kappa shape index (κ2) is 11.2. The van der Waals surface area contributed by atoms with Crippen LogP contribution in [0.1, 0.15) is 21.7 Å². The molecule has 4 aromatic rings. The second-order valence-corrected chi connectivity index (χ2v) is 8.62.